The number of morpholine rings is 1. The minimum atomic E-state index is -0.945. The first-order valence-corrected chi connectivity index (χ1v) is 5.64. The van der Waals surface area contributed by atoms with Crippen molar-refractivity contribution in [2.75, 3.05) is 24.7 Å². The first-order valence-electron chi connectivity index (χ1n) is 5.64. The molecule has 0 spiro atoms. The molecular weight excluding hydrogens is 220 g/mol. The Morgan fingerprint density at radius 1 is 1.65 bits per heavy atom. The highest BCUT2D eigenvalue weighted by atomic mass is 16.5. The van der Waals surface area contributed by atoms with Crippen molar-refractivity contribution in [3.8, 4) is 0 Å². The van der Waals surface area contributed by atoms with Gasteiger partial charge in [0.2, 0.25) is 0 Å². The molecule has 1 aromatic rings. The molecule has 0 aromatic carbocycles. The van der Waals surface area contributed by atoms with Crippen LogP contribution in [0.1, 0.15) is 23.0 Å². The Kier molecular flexibility index (Phi) is 3.28. The number of carboxylic acid groups (broad SMARTS) is 1. The van der Waals surface area contributed by atoms with Crippen molar-refractivity contribution in [1.82, 2.24) is 4.98 Å². The average molecular weight is 236 g/mol. The van der Waals surface area contributed by atoms with E-state index in [4.69, 9.17) is 9.84 Å². The normalized spacial score (nSPS) is 20.4. The molecule has 1 saturated heterocycles. The van der Waals surface area contributed by atoms with Crippen molar-refractivity contribution in [3.05, 3.63) is 23.5 Å². The lowest BCUT2D eigenvalue weighted by molar-refractivity contribution is 0.0696. The number of carbonyl (C=O) groups is 1. The number of aromatic carboxylic acids is 1. The van der Waals surface area contributed by atoms with E-state index in [0.29, 0.717) is 13.2 Å². The summed E-state index contributed by atoms with van der Waals surface area (Å²) in [7, 11) is 0. The molecule has 5 heteroatoms. The third kappa shape index (κ3) is 2.39. The van der Waals surface area contributed by atoms with E-state index in [1.165, 1.54) is 6.20 Å². The molecular formula is C12H16N2O3. The van der Waals surface area contributed by atoms with Crippen molar-refractivity contribution in [2.24, 2.45) is 0 Å². The zero-order valence-electron chi connectivity index (χ0n) is 10.0. The SMILES string of the molecule is Cc1ncc(C(=O)O)cc1N1CCOCC1C. The average Bonchev–Trinajstić information content (AvgIpc) is 2.30. The molecule has 1 atom stereocenters. The molecule has 0 amide bonds. The molecule has 2 rings (SSSR count). The van der Waals surface area contributed by atoms with Gasteiger partial charge in [0.1, 0.15) is 0 Å². The molecule has 0 radical (unpaired) electrons. The van der Waals surface area contributed by atoms with E-state index in [-0.39, 0.29) is 11.6 Å². The summed E-state index contributed by atoms with van der Waals surface area (Å²) in [6.45, 7) is 6.06. The molecule has 1 fully saturated rings. The van der Waals surface area contributed by atoms with E-state index >= 15 is 0 Å². The number of hydrogen-bond donors (Lipinski definition) is 1. The van der Waals surface area contributed by atoms with E-state index in [2.05, 4.69) is 16.8 Å². The van der Waals surface area contributed by atoms with Gasteiger partial charge in [0, 0.05) is 18.8 Å². The molecule has 1 N–H and O–H groups in total. The predicted molar refractivity (Wildman–Crippen MR) is 63.6 cm³/mol. The zero-order chi connectivity index (χ0) is 12.4. The van der Waals surface area contributed by atoms with Gasteiger partial charge < -0.3 is 14.7 Å². The van der Waals surface area contributed by atoms with Crippen molar-refractivity contribution in [3.63, 3.8) is 0 Å². The lowest BCUT2D eigenvalue weighted by Crippen LogP contribution is -2.44. The van der Waals surface area contributed by atoms with E-state index in [1.54, 1.807) is 6.07 Å². The Hall–Kier alpha value is -1.62. The van der Waals surface area contributed by atoms with Crippen LogP contribution in [0.3, 0.4) is 0 Å². The number of aryl methyl sites for hydroxylation is 1. The van der Waals surface area contributed by atoms with Crippen LogP contribution in [-0.4, -0.2) is 41.9 Å². The van der Waals surface area contributed by atoms with Crippen LogP contribution in [-0.2, 0) is 4.74 Å². The maximum Gasteiger partial charge on any atom is 0.337 e. The number of nitrogens with zero attached hydrogens (tertiary/aromatic N) is 2. The quantitative estimate of drug-likeness (QED) is 0.839. The van der Waals surface area contributed by atoms with Crippen LogP contribution in [0.2, 0.25) is 0 Å². The van der Waals surface area contributed by atoms with Gasteiger partial charge in [-0.15, -0.1) is 0 Å². The summed E-state index contributed by atoms with van der Waals surface area (Å²) in [5.41, 5.74) is 1.97. The molecule has 0 aliphatic carbocycles. The molecule has 0 saturated carbocycles. The Bertz CT molecular complexity index is 434. The molecule has 1 aromatic heterocycles. The number of pyridine rings is 1. The smallest absolute Gasteiger partial charge is 0.337 e. The largest absolute Gasteiger partial charge is 0.478 e. The molecule has 5 nitrogen and oxygen atoms in total. The highest BCUT2D eigenvalue weighted by Gasteiger charge is 2.21. The monoisotopic (exact) mass is 236 g/mol. The summed E-state index contributed by atoms with van der Waals surface area (Å²) in [5.74, 6) is -0.945. The van der Waals surface area contributed by atoms with Gasteiger partial charge in [-0.05, 0) is 19.9 Å². The van der Waals surface area contributed by atoms with Crippen LogP contribution in [0, 0.1) is 6.92 Å². The van der Waals surface area contributed by atoms with Crippen molar-refractivity contribution in [2.45, 2.75) is 19.9 Å². The van der Waals surface area contributed by atoms with Crippen LogP contribution in [0.15, 0.2) is 12.3 Å². The second kappa shape index (κ2) is 4.71. The lowest BCUT2D eigenvalue weighted by Gasteiger charge is -2.35. The summed E-state index contributed by atoms with van der Waals surface area (Å²) in [4.78, 5) is 17.2. The van der Waals surface area contributed by atoms with Crippen molar-refractivity contribution in [1.29, 1.82) is 0 Å². The number of carboxylic acids is 1. The Morgan fingerprint density at radius 2 is 2.41 bits per heavy atom. The summed E-state index contributed by atoms with van der Waals surface area (Å²) in [6.07, 6.45) is 1.40. The summed E-state index contributed by atoms with van der Waals surface area (Å²) < 4.78 is 5.37. The molecule has 1 unspecified atom stereocenters. The fourth-order valence-corrected chi connectivity index (χ4v) is 2.01. The van der Waals surface area contributed by atoms with Crippen LogP contribution >= 0.6 is 0 Å². The predicted octanol–water partition coefficient (Wildman–Crippen LogP) is 1.31. The Labute approximate surface area is 100 Å². The van der Waals surface area contributed by atoms with Crippen molar-refractivity contribution < 1.29 is 14.6 Å². The van der Waals surface area contributed by atoms with Crippen LogP contribution < -0.4 is 4.90 Å². The Morgan fingerprint density at radius 3 is 3.06 bits per heavy atom. The maximum atomic E-state index is 10.9. The summed E-state index contributed by atoms with van der Waals surface area (Å²) >= 11 is 0. The van der Waals surface area contributed by atoms with Crippen LogP contribution in [0.5, 0.6) is 0 Å². The number of aromatic nitrogens is 1. The van der Waals surface area contributed by atoms with E-state index in [9.17, 15) is 4.79 Å². The molecule has 2 heterocycles. The fraction of sp³-hybridized carbons (Fsp3) is 0.500. The number of ether oxygens (including phenoxy) is 1. The minimum Gasteiger partial charge on any atom is -0.478 e. The number of rotatable bonds is 2. The third-order valence-electron chi connectivity index (χ3n) is 2.98. The van der Waals surface area contributed by atoms with Gasteiger partial charge in [-0.2, -0.15) is 0 Å². The lowest BCUT2D eigenvalue weighted by atomic mass is 10.1. The highest BCUT2D eigenvalue weighted by Crippen LogP contribution is 2.23. The van der Waals surface area contributed by atoms with Gasteiger partial charge in [0.05, 0.1) is 30.2 Å². The van der Waals surface area contributed by atoms with Gasteiger partial charge in [0.25, 0.3) is 0 Å². The van der Waals surface area contributed by atoms with Gasteiger partial charge >= 0.3 is 5.97 Å². The van der Waals surface area contributed by atoms with Crippen molar-refractivity contribution >= 4 is 11.7 Å². The van der Waals surface area contributed by atoms with Gasteiger partial charge in [-0.1, -0.05) is 0 Å². The highest BCUT2D eigenvalue weighted by molar-refractivity contribution is 5.88. The Balaban J connectivity index is 2.35. The van der Waals surface area contributed by atoms with Gasteiger partial charge in [0.15, 0.2) is 0 Å². The van der Waals surface area contributed by atoms with E-state index < -0.39 is 5.97 Å². The van der Waals surface area contributed by atoms with E-state index in [1.807, 2.05) is 6.92 Å². The second-order valence-electron chi connectivity index (χ2n) is 4.25. The first-order chi connectivity index (χ1) is 8.09. The number of hydrogen-bond acceptors (Lipinski definition) is 4. The maximum absolute atomic E-state index is 10.9. The third-order valence-corrected chi connectivity index (χ3v) is 2.98. The first kappa shape index (κ1) is 11.9. The second-order valence-corrected chi connectivity index (χ2v) is 4.25. The fourth-order valence-electron chi connectivity index (χ4n) is 2.01. The molecule has 92 valence electrons. The minimum absolute atomic E-state index is 0.226. The molecule has 1 aliphatic heterocycles. The van der Waals surface area contributed by atoms with Crippen LogP contribution in [0.4, 0.5) is 5.69 Å². The standard InChI is InChI=1S/C12H16N2O3/c1-8-7-17-4-3-14(8)11-5-10(12(15)16)6-13-9(11)2/h5-6,8H,3-4,7H2,1-2H3,(H,15,16). The van der Waals surface area contributed by atoms with E-state index in [0.717, 1.165) is 17.9 Å². The molecule has 17 heavy (non-hydrogen) atoms. The summed E-state index contributed by atoms with van der Waals surface area (Å²) in [6, 6.07) is 1.93. The topological polar surface area (TPSA) is 62.7 Å². The zero-order valence-corrected chi connectivity index (χ0v) is 10.0. The van der Waals surface area contributed by atoms with Gasteiger partial charge in [-0.25, -0.2) is 4.79 Å². The summed E-state index contributed by atoms with van der Waals surface area (Å²) in [5, 5.41) is 8.98. The van der Waals surface area contributed by atoms with Crippen LogP contribution in [0.25, 0.3) is 0 Å². The van der Waals surface area contributed by atoms with Gasteiger partial charge in [-0.3, -0.25) is 4.98 Å². The molecule has 1 aliphatic rings. The number of anilines is 1. The molecule has 0 bridgehead atoms.